The van der Waals surface area contributed by atoms with Crippen LogP contribution in [0.15, 0.2) is 41.0 Å². The molecule has 0 bridgehead atoms. The van der Waals surface area contributed by atoms with E-state index in [1.807, 2.05) is 4.90 Å². The molecule has 2 saturated heterocycles. The van der Waals surface area contributed by atoms with Crippen molar-refractivity contribution in [1.82, 2.24) is 34.7 Å². The number of ether oxygens (including phenoxy) is 2. The van der Waals surface area contributed by atoms with Crippen molar-refractivity contribution in [3.8, 4) is 17.2 Å². The molecule has 0 atom stereocenters. The second-order valence-corrected chi connectivity index (χ2v) is 10.8. The standard InChI is InChI=1S/C29H36F2N10O4/c30-20-16-21(31)25(45-19-27(42)33-3-5-39-11-14-43-15-12-39)18-23(20)40-9-7-38(8-10-40)6-4-34-29-35-26-17-22(24-2-1-13-44-24)37-41(26)28(32)36-29/h1-2,13,16-18H,3-12,14-15,19H2,(H,33,42)(H3,32,34,35,36). The van der Waals surface area contributed by atoms with Gasteiger partial charge >= 0.3 is 0 Å². The minimum absolute atomic E-state index is 0.160. The highest BCUT2D eigenvalue weighted by Crippen LogP contribution is 2.29. The molecule has 2 fully saturated rings. The van der Waals surface area contributed by atoms with Crippen molar-refractivity contribution in [2.45, 2.75) is 0 Å². The Bertz CT molecular complexity index is 1590. The molecule has 240 valence electrons. The number of furan rings is 1. The second kappa shape index (κ2) is 14.0. The molecule has 4 N–H and O–H groups in total. The van der Waals surface area contributed by atoms with Gasteiger partial charge in [0.2, 0.25) is 11.9 Å². The van der Waals surface area contributed by atoms with Crippen LogP contribution in [0.3, 0.4) is 0 Å². The highest BCUT2D eigenvalue weighted by Gasteiger charge is 2.22. The number of nitrogens with one attached hydrogen (secondary N) is 2. The molecule has 1 amide bonds. The Morgan fingerprint density at radius 1 is 0.978 bits per heavy atom. The summed E-state index contributed by atoms with van der Waals surface area (Å²) in [6, 6.07) is 7.49. The van der Waals surface area contributed by atoms with E-state index >= 15 is 0 Å². The van der Waals surface area contributed by atoms with Gasteiger partial charge in [0.05, 0.1) is 25.2 Å². The third kappa shape index (κ3) is 7.58. The normalized spacial score (nSPS) is 16.3. The number of rotatable bonds is 12. The predicted molar refractivity (Wildman–Crippen MR) is 162 cm³/mol. The largest absolute Gasteiger partial charge is 0.481 e. The van der Waals surface area contributed by atoms with E-state index in [4.69, 9.17) is 19.6 Å². The molecular weight excluding hydrogens is 590 g/mol. The molecule has 45 heavy (non-hydrogen) atoms. The fourth-order valence-electron chi connectivity index (χ4n) is 5.31. The first-order valence-electron chi connectivity index (χ1n) is 14.9. The van der Waals surface area contributed by atoms with Gasteiger partial charge in [-0.05, 0) is 12.1 Å². The van der Waals surface area contributed by atoms with E-state index in [9.17, 15) is 13.6 Å². The first-order chi connectivity index (χ1) is 21.9. The van der Waals surface area contributed by atoms with Crippen LogP contribution in [0.4, 0.5) is 26.4 Å². The van der Waals surface area contributed by atoms with Gasteiger partial charge in [0.25, 0.3) is 5.91 Å². The zero-order chi connectivity index (χ0) is 31.2. The summed E-state index contributed by atoms with van der Waals surface area (Å²) in [5.41, 5.74) is 7.48. The van der Waals surface area contributed by atoms with E-state index in [0.29, 0.717) is 88.6 Å². The average molecular weight is 627 g/mol. The van der Waals surface area contributed by atoms with Crippen LogP contribution >= 0.6 is 0 Å². The van der Waals surface area contributed by atoms with E-state index in [1.165, 1.54) is 10.6 Å². The van der Waals surface area contributed by atoms with Crippen LogP contribution in [0.25, 0.3) is 17.1 Å². The van der Waals surface area contributed by atoms with Crippen molar-refractivity contribution in [2.75, 3.05) is 101 Å². The number of hydrogen-bond donors (Lipinski definition) is 3. The van der Waals surface area contributed by atoms with E-state index in [1.54, 1.807) is 24.5 Å². The number of anilines is 3. The van der Waals surface area contributed by atoms with Gasteiger partial charge in [0, 0.05) is 83.6 Å². The predicted octanol–water partition coefficient (Wildman–Crippen LogP) is 1.31. The molecule has 5 heterocycles. The molecule has 14 nitrogen and oxygen atoms in total. The zero-order valence-corrected chi connectivity index (χ0v) is 24.8. The SMILES string of the molecule is Nc1nc(NCCN2CCN(c3cc(OCC(=O)NCCN4CCOCC4)c(F)cc3F)CC2)nc2cc(-c3ccco3)nn12. The third-order valence-corrected chi connectivity index (χ3v) is 7.76. The molecule has 0 unspecified atom stereocenters. The molecule has 0 spiro atoms. The summed E-state index contributed by atoms with van der Waals surface area (Å²) in [7, 11) is 0. The van der Waals surface area contributed by atoms with Crippen molar-refractivity contribution < 1.29 is 27.5 Å². The summed E-state index contributed by atoms with van der Waals surface area (Å²) in [6.07, 6.45) is 1.57. The zero-order valence-electron chi connectivity index (χ0n) is 24.8. The monoisotopic (exact) mass is 626 g/mol. The first-order valence-corrected chi connectivity index (χ1v) is 14.9. The maximum Gasteiger partial charge on any atom is 0.257 e. The molecule has 0 radical (unpaired) electrons. The molecule has 1 aromatic carbocycles. The fourth-order valence-corrected chi connectivity index (χ4v) is 5.31. The molecule has 0 saturated carbocycles. The van der Waals surface area contributed by atoms with Crippen LogP contribution in [-0.4, -0.2) is 121 Å². The maximum atomic E-state index is 14.8. The van der Waals surface area contributed by atoms with Gasteiger partial charge < -0.3 is 35.2 Å². The first kappa shape index (κ1) is 30.5. The van der Waals surface area contributed by atoms with Crippen LogP contribution in [0, 0.1) is 11.6 Å². The summed E-state index contributed by atoms with van der Waals surface area (Å²) >= 11 is 0. The van der Waals surface area contributed by atoms with Gasteiger partial charge in [-0.1, -0.05) is 0 Å². The van der Waals surface area contributed by atoms with Crippen molar-refractivity contribution in [3.05, 3.63) is 48.2 Å². The lowest BCUT2D eigenvalue weighted by molar-refractivity contribution is -0.123. The van der Waals surface area contributed by atoms with Crippen LogP contribution in [0.1, 0.15) is 0 Å². The molecule has 0 aliphatic carbocycles. The van der Waals surface area contributed by atoms with Crippen molar-refractivity contribution in [3.63, 3.8) is 0 Å². The summed E-state index contributed by atoms with van der Waals surface area (Å²) in [5.74, 6) is -0.865. The van der Waals surface area contributed by atoms with Gasteiger partial charge in [-0.25, -0.2) is 8.78 Å². The quantitative estimate of drug-likeness (QED) is 0.208. The van der Waals surface area contributed by atoms with Crippen LogP contribution < -0.4 is 26.0 Å². The lowest BCUT2D eigenvalue weighted by atomic mass is 10.2. The number of piperazine rings is 1. The molecule has 6 rings (SSSR count). The maximum absolute atomic E-state index is 14.8. The van der Waals surface area contributed by atoms with Crippen LogP contribution in [0.5, 0.6) is 5.75 Å². The number of nitrogens with zero attached hydrogens (tertiary/aromatic N) is 7. The number of morpholine rings is 1. The van der Waals surface area contributed by atoms with Gasteiger partial charge in [-0.15, -0.1) is 0 Å². The fraction of sp³-hybridized carbons (Fsp3) is 0.448. The minimum atomic E-state index is -0.851. The smallest absolute Gasteiger partial charge is 0.257 e. The summed E-state index contributed by atoms with van der Waals surface area (Å²) < 4.78 is 46.9. The van der Waals surface area contributed by atoms with E-state index in [-0.39, 0.29) is 29.9 Å². The molecule has 16 heteroatoms. The Hall–Kier alpha value is -4.54. The second-order valence-electron chi connectivity index (χ2n) is 10.8. The number of carbonyl (C=O) groups is 1. The van der Waals surface area contributed by atoms with Crippen molar-refractivity contribution >= 4 is 29.1 Å². The number of amides is 1. The molecular formula is C29H36F2N10O4. The number of aromatic nitrogens is 4. The number of hydrogen-bond acceptors (Lipinski definition) is 12. The van der Waals surface area contributed by atoms with Crippen LogP contribution in [-0.2, 0) is 9.53 Å². The highest BCUT2D eigenvalue weighted by molar-refractivity contribution is 5.77. The van der Waals surface area contributed by atoms with Gasteiger partial charge in [0.1, 0.15) is 11.5 Å². The number of carbonyl (C=O) groups excluding carboxylic acids is 1. The Labute approximate surface area is 258 Å². The third-order valence-electron chi connectivity index (χ3n) is 7.76. The molecule has 2 aliphatic heterocycles. The average Bonchev–Trinajstić information content (AvgIpc) is 3.73. The Kier molecular flexibility index (Phi) is 9.52. The summed E-state index contributed by atoms with van der Waals surface area (Å²) in [4.78, 5) is 27.3. The van der Waals surface area contributed by atoms with E-state index < -0.39 is 11.6 Å². The summed E-state index contributed by atoms with van der Waals surface area (Å²) in [6.45, 7) is 7.45. The number of benzene rings is 1. The van der Waals surface area contributed by atoms with E-state index in [0.717, 1.165) is 19.2 Å². The number of fused-ring (bicyclic) bond motifs is 1. The Balaban J connectivity index is 0.957. The van der Waals surface area contributed by atoms with Crippen molar-refractivity contribution in [1.29, 1.82) is 0 Å². The molecule has 4 aromatic rings. The van der Waals surface area contributed by atoms with Gasteiger partial charge in [-0.2, -0.15) is 19.6 Å². The lowest BCUT2D eigenvalue weighted by Gasteiger charge is -2.36. The molecule has 2 aliphatic rings. The van der Waals surface area contributed by atoms with Crippen LogP contribution in [0.2, 0.25) is 0 Å². The number of halogens is 2. The number of nitrogens with two attached hydrogens (primary N) is 1. The van der Waals surface area contributed by atoms with E-state index in [2.05, 4.69) is 35.5 Å². The summed E-state index contributed by atoms with van der Waals surface area (Å²) in [5, 5.41) is 10.4. The highest BCUT2D eigenvalue weighted by atomic mass is 19.1. The topological polar surface area (TPSA) is 152 Å². The Morgan fingerprint density at radius 3 is 2.53 bits per heavy atom. The molecule has 3 aromatic heterocycles. The minimum Gasteiger partial charge on any atom is -0.481 e. The van der Waals surface area contributed by atoms with Gasteiger partial charge in [0.15, 0.2) is 29.6 Å². The number of nitrogen functional groups attached to an aromatic ring is 1. The lowest BCUT2D eigenvalue weighted by Crippen LogP contribution is -2.48. The van der Waals surface area contributed by atoms with Gasteiger partial charge in [-0.3, -0.25) is 14.6 Å². The Morgan fingerprint density at radius 2 is 1.76 bits per heavy atom. The van der Waals surface area contributed by atoms with Crippen molar-refractivity contribution in [2.24, 2.45) is 0 Å².